The number of furan rings is 1. The van der Waals surface area contributed by atoms with Crippen molar-refractivity contribution in [1.82, 2.24) is 4.31 Å². The first kappa shape index (κ1) is 18.2. The quantitative estimate of drug-likeness (QED) is 0.769. The molecule has 1 amide bonds. The molecule has 0 aliphatic rings. The smallest absolute Gasteiger partial charge is 0.242 e. The minimum absolute atomic E-state index is 0.0307. The average molecular weight is 350 g/mol. The number of carbonyl (C=O) groups excluding carboxylic acids is 1. The number of carbonyl (C=O) groups is 1. The van der Waals surface area contributed by atoms with Crippen LogP contribution in [0.15, 0.2) is 47.1 Å². The van der Waals surface area contributed by atoms with Crippen molar-refractivity contribution in [2.75, 3.05) is 24.2 Å². The maximum Gasteiger partial charge on any atom is 0.242 e. The fourth-order valence-corrected chi connectivity index (χ4v) is 3.11. The third-order valence-electron chi connectivity index (χ3n) is 3.62. The summed E-state index contributed by atoms with van der Waals surface area (Å²) in [4.78, 5) is 14.2. The zero-order chi connectivity index (χ0) is 17.7. The lowest BCUT2D eigenvalue weighted by Gasteiger charge is -2.25. The summed E-state index contributed by atoms with van der Waals surface area (Å²) < 4.78 is 30.3. The molecule has 2 rings (SSSR count). The summed E-state index contributed by atoms with van der Waals surface area (Å²) >= 11 is 0. The lowest BCUT2D eigenvalue weighted by molar-refractivity contribution is -0.118. The molecular formula is C17H22N2O4S. The molecule has 0 aliphatic carbocycles. The number of sulfonamides is 1. The van der Waals surface area contributed by atoms with Gasteiger partial charge in [0, 0.05) is 12.2 Å². The second kappa shape index (κ2) is 7.63. The summed E-state index contributed by atoms with van der Waals surface area (Å²) in [5, 5.41) is 0. The molecule has 1 heterocycles. The largest absolute Gasteiger partial charge is 0.468 e. The SMILES string of the molecule is CCN(C(=O)CN(Cc1ccco1)S(C)(=O)=O)c1cccc(C)c1. The number of aryl methyl sites for hydroxylation is 1. The van der Waals surface area contributed by atoms with Crippen LogP contribution < -0.4 is 4.90 Å². The van der Waals surface area contributed by atoms with Crippen molar-refractivity contribution in [3.8, 4) is 0 Å². The molecule has 0 atom stereocenters. The van der Waals surface area contributed by atoms with E-state index in [4.69, 9.17) is 4.42 Å². The number of rotatable bonds is 7. The highest BCUT2D eigenvalue weighted by Gasteiger charge is 2.24. The summed E-state index contributed by atoms with van der Waals surface area (Å²) in [7, 11) is -3.54. The second-order valence-corrected chi connectivity index (χ2v) is 7.57. The van der Waals surface area contributed by atoms with E-state index in [0.29, 0.717) is 12.3 Å². The number of amides is 1. The first-order valence-corrected chi connectivity index (χ1v) is 9.50. The van der Waals surface area contributed by atoms with E-state index in [-0.39, 0.29) is 19.0 Å². The number of hydrogen-bond acceptors (Lipinski definition) is 4. The van der Waals surface area contributed by atoms with Crippen LogP contribution in [-0.4, -0.2) is 38.0 Å². The molecular weight excluding hydrogens is 328 g/mol. The third-order valence-corrected chi connectivity index (χ3v) is 4.82. The van der Waals surface area contributed by atoms with E-state index in [1.54, 1.807) is 17.0 Å². The topological polar surface area (TPSA) is 70.8 Å². The van der Waals surface area contributed by atoms with Crippen molar-refractivity contribution in [3.05, 3.63) is 54.0 Å². The Morgan fingerprint density at radius 2 is 1.96 bits per heavy atom. The Bertz CT molecular complexity index is 785. The molecule has 0 saturated carbocycles. The highest BCUT2D eigenvalue weighted by atomic mass is 32.2. The molecule has 24 heavy (non-hydrogen) atoms. The Labute approximate surface area is 142 Å². The van der Waals surface area contributed by atoms with Crippen molar-refractivity contribution >= 4 is 21.6 Å². The van der Waals surface area contributed by atoms with E-state index in [0.717, 1.165) is 21.8 Å². The molecule has 130 valence electrons. The summed E-state index contributed by atoms with van der Waals surface area (Å²) in [6.07, 6.45) is 2.56. The Morgan fingerprint density at radius 1 is 1.21 bits per heavy atom. The zero-order valence-corrected chi connectivity index (χ0v) is 14.9. The van der Waals surface area contributed by atoms with Gasteiger partial charge < -0.3 is 9.32 Å². The molecule has 1 aromatic heterocycles. The third kappa shape index (κ3) is 4.69. The Hall–Kier alpha value is -2.12. The Balaban J connectivity index is 2.19. The molecule has 0 fully saturated rings. The first-order chi connectivity index (χ1) is 11.3. The van der Waals surface area contributed by atoms with Crippen molar-refractivity contribution in [2.45, 2.75) is 20.4 Å². The molecule has 0 radical (unpaired) electrons. The minimum Gasteiger partial charge on any atom is -0.468 e. The van der Waals surface area contributed by atoms with Gasteiger partial charge in [-0.2, -0.15) is 4.31 Å². The molecule has 0 aliphatic heterocycles. The van der Waals surface area contributed by atoms with E-state index in [9.17, 15) is 13.2 Å². The highest BCUT2D eigenvalue weighted by molar-refractivity contribution is 7.88. The lowest BCUT2D eigenvalue weighted by Crippen LogP contribution is -2.42. The van der Waals surface area contributed by atoms with E-state index in [1.807, 2.05) is 38.1 Å². The van der Waals surface area contributed by atoms with Gasteiger partial charge in [0.05, 0.1) is 25.6 Å². The number of hydrogen-bond donors (Lipinski definition) is 0. The summed E-state index contributed by atoms with van der Waals surface area (Å²) in [6.45, 7) is 4.06. The van der Waals surface area contributed by atoms with Gasteiger partial charge in [-0.05, 0) is 43.7 Å². The van der Waals surface area contributed by atoms with Crippen LogP contribution in [0.5, 0.6) is 0 Å². The van der Waals surface area contributed by atoms with E-state index < -0.39 is 10.0 Å². The number of nitrogens with zero attached hydrogens (tertiary/aromatic N) is 2. The monoisotopic (exact) mass is 350 g/mol. The van der Waals surface area contributed by atoms with Gasteiger partial charge in [0.15, 0.2) is 0 Å². The predicted octanol–water partition coefficient (Wildman–Crippen LogP) is 2.40. The fraction of sp³-hybridized carbons (Fsp3) is 0.353. The fourth-order valence-electron chi connectivity index (χ4n) is 2.40. The standard InChI is InChI=1S/C17H22N2O4S/c1-4-19(15-8-5-7-14(2)11-15)17(20)13-18(24(3,21)22)12-16-9-6-10-23-16/h5-11H,4,12-13H2,1-3H3. The Morgan fingerprint density at radius 3 is 2.50 bits per heavy atom. The van der Waals surface area contributed by atoms with E-state index >= 15 is 0 Å². The van der Waals surface area contributed by atoms with Crippen LogP contribution in [0.2, 0.25) is 0 Å². The first-order valence-electron chi connectivity index (χ1n) is 7.65. The van der Waals surface area contributed by atoms with Crippen LogP contribution in [0.3, 0.4) is 0 Å². The maximum absolute atomic E-state index is 12.7. The van der Waals surface area contributed by atoms with Gasteiger partial charge in [-0.15, -0.1) is 0 Å². The molecule has 0 spiro atoms. The van der Waals surface area contributed by atoms with E-state index in [1.165, 1.54) is 6.26 Å². The van der Waals surface area contributed by atoms with Gasteiger partial charge in [0.2, 0.25) is 15.9 Å². The molecule has 6 nitrogen and oxygen atoms in total. The maximum atomic E-state index is 12.7. The molecule has 0 N–H and O–H groups in total. The molecule has 2 aromatic rings. The zero-order valence-electron chi connectivity index (χ0n) is 14.1. The van der Waals surface area contributed by atoms with Crippen molar-refractivity contribution in [2.24, 2.45) is 0 Å². The minimum atomic E-state index is -3.54. The number of anilines is 1. The van der Waals surface area contributed by atoms with E-state index in [2.05, 4.69) is 0 Å². The molecule has 0 unspecified atom stereocenters. The second-order valence-electron chi connectivity index (χ2n) is 5.59. The van der Waals surface area contributed by atoms with Gasteiger partial charge >= 0.3 is 0 Å². The molecule has 7 heteroatoms. The van der Waals surface area contributed by atoms with Gasteiger partial charge in [0.1, 0.15) is 5.76 Å². The van der Waals surface area contributed by atoms with Crippen LogP contribution in [-0.2, 0) is 21.4 Å². The summed E-state index contributed by atoms with van der Waals surface area (Å²) in [6, 6.07) is 10.9. The number of benzene rings is 1. The van der Waals surface area contributed by atoms with Crippen LogP contribution in [0, 0.1) is 6.92 Å². The van der Waals surface area contributed by atoms with Crippen LogP contribution in [0.4, 0.5) is 5.69 Å². The van der Waals surface area contributed by atoms with Gasteiger partial charge in [0.25, 0.3) is 0 Å². The van der Waals surface area contributed by atoms with Crippen molar-refractivity contribution < 1.29 is 17.6 Å². The average Bonchev–Trinajstić information content (AvgIpc) is 2.99. The van der Waals surface area contributed by atoms with Crippen LogP contribution >= 0.6 is 0 Å². The Kier molecular flexibility index (Phi) is 5.80. The molecule has 1 aromatic carbocycles. The van der Waals surface area contributed by atoms with Gasteiger partial charge in [-0.1, -0.05) is 12.1 Å². The molecule has 0 saturated heterocycles. The predicted molar refractivity (Wildman–Crippen MR) is 93.2 cm³/mol. The van der Waals surface area contributed by atoms with Gasteiger partial charge in [-0.25, -0.2) is 8.42 Å². The van der Waals surface area contributed by atoms with Crippen LogP contribution in [0.25, 0.3) is 0 Å². The van der Waals surface area contributed by atoms with Crippen molar-refractivity contribution in [1.29, 1.82) is 0 Å². The summed E-state index contributed by atoms with van der Waals surface area (Å²) in [5.74, 6) is 0.215. The number of likely N-dealkylation sites (N-methyl/N-ethyl adjacent to an activating group) is 1. The lowest BCUT2D eigenvalue weighted by atomic mass is 10.2. The highest BCUT2D eigenvalue weighted by Crippen LogP contribution is 2.17. The van der Waals surface area contributed by atoms with Crippen LogP contribution in [0.1, 0.15) is 18.2 Å². The normalized spacial score (nSPS) is 11.7. The summed E-state index contributed by atoms with van der Waals surface area (Å²) in [5.41, 5.74) is 1.79. The van der Waals surface area contributed by atoms with Crippen molar-refractivity contribution in [3.63, 3.8) is 0 Å². The van der Waals surface area contributed by atoms with Gasteiger partial charge in [-0.3, -0.25) is 4.79 Å². The molecule has 0 bridgehead atoms.